The molecule has 0 bridgehead atoms. The van der Waals surface area contributed by atoms with Gasteiger partial charge in [0, 0.05) is 18.6 Å². The molecule has 0 atom stereocenters. The summed E-state index contributed by atoms with van der Waals surface area (Å²) >= 11 is 6.03. The average molecular weight is 257 g/mol. The van der Waals surface area contributed by atoms with Gasteiger partial charge >= 0.3 is 0 Å². The molecule has 0 spiro atoms. The van der Waals surface area contributed by atoms with Crippen LogP contribution in [0.5, 0.6) is 5.75 Å². The number of carbonyl (C=O) groups is 1. The topological polar surface area (TPSA) is 35.5 Å². The molecule has 4 heteroatoms. The third-order valence-electron chi connectivity index (χ3n) is 2.39. The first-order valence-electron chi connectivity index (χ1n) is 5.55. The number of rotatable bonds is 6. The summed E-state index contributed by atoms with van der Waals surface area (Å²) < 4.78 is 10.3. The van der Waals surface area contributed by atoms with Gasteiger partial charge in [-0.05, 0) is 31.5 Å². The van der Waals surface area contributed by atoms with E-state index < -0.39 is 0 Å². The zero-order valence-electron chi connectivity index (χ0n) is 10.4. The third-order valence-corrected chi connectivity index (χ3v) is 2.80. The van der Waals surface area contributed by atoms with Crippen LogP contribution in [0.4, 0.5) is 0 Å². The number of halogens is 1. The van der Waals surface area contributed by atoms with Crippen LogP contribution in [0.3, 0.4) is 0 Å². The molecule has 0 heterocycles. The van der Waals surface area contributed by atoms with Crippen molar-refractivity contribution in [2.24, 2.45) is 0 Å². The van der Waals surface area contributed by atoms with E-state index in [1.165, 1.54) is 0 Å². The minimum absolute atomic E-state index is 0.0165. The molecule has 1 rings (SSSR count). The van der Waals surface area contributed by atoms with E-state index in [1.807, 2.05) is 13.8 Å². The van der Waals surface area contributed by atoms with Gasteiger partial charge in [0.05, 0.1) is 18.8 Å². The van der Waals surface area contributed by atoms with Gasteiger partial charge in [-0.25, -0.2) is 0 Å². The predicted octanol–water partition coefficient (Wildman–Crippen LogP) is 3.27. The molecule has 0 saturated carbocycles. The van der Waals surface area contributed by atoms with Gasteiger partial charge < -0.3 is 9.47 Å². The quantitative estimate of drug-likeness (QED) is 0.733. The summed E-state index contributed by atoms with van der Waals surface area (Å²) in [7, 11) is 1.57. The normalized spacial score (nSPS) is 10.4. The van der Waals surface area contributed by atoms with E-state index >= 15 is 0 Å². The van der Waals surface area contributed by atoms with Crippen molar-refractivity contribution < 1.29 is 14.3 Å². The van der Waals surface area contributed by atoms with Crippen molar-refractivity contribution in [1.29, 1.82) is 0 Å². The number of ketones is 1. The fraction of sp³-hybridized carbons (Fsp3) is 0.462. The van der Waals surface area contributed by atoms with Gasteiger partial charge in [-0.15, -0.1) is 0 Å². The lowest BCUT2D eigenvalue weighted by molar-refractivity contribution is 0.0928. The number of Topliss-reactive ketones (excluding diaryl/α,β-unsaturated/α-hetero) is 1. The SMILES string of the molecule is CCOc1cc(C)c(Cl)cc1C(=O)CCOC. The standard InChI is InChI=1S/C13H17ClO3/c1-4-17-13-7-9(2)11(14)8-10(13)12(15)5-6-16-3/h7-8H,4-6H2,1-3H3. The van der Waals surface area contributed by atoms with Crippen molar-refractivity contribution in [2.45, 2.75) is 20.3 Å². The largest absolute Gasteiger partial charge is 0.493 e. The van der Waals surface area contributed by atoms with Crippen molar-refractivity contribution in [3.8, 4) is 5.75 Å². The smallest absolute Gasteiger partial charge is 0.168 e. The van der Waals surface area contributed by atoms with Crippen LogP contribution in [0.1, 0.15) is 29.3 Å². The van der Waals surface area contributed by atoms with E-state index in [2.05, 4.69) is 0 Å². The summed E-state index contributed by atoms with van der Waals surface area (Å²) in [5.74, 6) is 0.577. The lowest BCUT2D eigenvalue weighted by Crippen LogP contribution is -2.07. The predicted molar refractivity (Wildman–Crippen MR) is 68.2 cm³/mol. The van der Waals surface area contributed by atoms with Crippen LogP contribution in [0.15, 0.2) is 12.1 Å². The molecule has 3 nitrogen and oxygen atoms in total. The Morgan fingerprint density at radius 1 is 1.41 bits per heavy atom. The molecule has 0 amide bonds. The molecule has 0 fully saturated rings. The Bertz CT molecular complexity index is 402. The highest BCUT2D eigenvalue weighted by Gasteiger charge is 2.14. The van der Waals surface area contributed by atoms with Crippen LogP contribution in [0.25, 0.3) is 0 Å². The van der Waals surface area contributed by atoms with E-state index in [0.29, 0.717) is 36.0 Å². The molecule has 1 aromatic carbocycles. The lowest BCUT2D eigenvalue weighted by Gasteiger charge is -2.11. The molecule has 0 saturated heterocycles. The highest BCUT2D eigenvalue weighted by atomic mass is 35.5. The number of hydrogen-bond donors (Lipinski definition) is 0. The summed E-state index contributed by atoms with van der Waals surface area (Å²) in [6.07, 6.45) is 0.329. The Labute approximate surface area is 107 Å². The van der Waals surface area contributed by atoms with E-state index in [0.717, 1.165) is 5.56 Å². The van der Waals surface area contributed by atoms with Gasteiger partial charge in [-0.2, -0.15) is 0 Å². The summed E-state index contributed by atoms with van der Waals surface area (Å²) in [6.45, 7) is 4.68. The summed E-state index contributed by atoms with van der Waals surface area (Å²) in [4.78, 5) is 11.9. The van der Waals surface area contributed by atoms with Crippen molar-refractivity contribution >= 4 is 17.4 Å². The Kier molecular flexibility index (Phi) is 5.45. The van der Waals surface area contributed by atoms with E-state index in [4.69, 9.17) is 21.1 Å². The molecule has 0 unspecified atom stereocenters. The van der Waals surface area contributed by atoms with Crippen LogP contribution in [0, 0.1) is 6.92 Å². The van der Waals surface area contributed by atoms with Crippen molar-refractivity contribution in [3.05, 3.63) is 28.3 Å². The maximum Gasteiger partial charge on any atom is 0.168 e. The number of carbonyl (C=O) groups excluding carboxylic acids is 1. The Morgan fingerprint density at radius 2 is 2.12 bits per heavy atom. The first-order chi connectivity index (χ1) is 8.10. The van der Waals surface area contributed by atoms with Gasteiger partial charge in [-0.3, -0.25) is 4.79 Å². The molecule has 1 aromatic rings. The number of hydrogen-bond acceptors (Lipinski definition) is 3. The second kappa shape index (κ2) is 6.62. The molecule has 0 radical (unpaired) electrons. The number of aryl methyl sites for hydroxylation is 1. The monoisotopic (exact) mass is 256 g/mol. The van der Waals surface area contributed by atoms with Gasteiger partial charge in [0.2, 0.25) is 0 Å². The minimum Gasteiger partial charge on any atom is -0.493 e. The highest BCUT2D eigenvalue weighted by Crippen LogP contribution is 2.27. The molecule has 0 aromatic heterocycles. The second-order valence-corrected chi connectivity index (χ2v) is 4.10. The van der Waals surface area contributed by atoms with Crippen molar-refractivity contribution in [1.82, 2.24) is 0 Å². The fourth-order valence-corrected chi connectivity index (χ4v) is 1.64. The Balaban J connectivity index is 3.02. The van der Waals surface area contributed by atoms with Gasteiger partial charge in [0.1, 0.15) is 5.75 Å². The Hall–Kier alpha value is -1.06. The van der Waals surface area contributed by atoms with Gasteiger partial charge in [0.25, 0.3) is 0 Å². The summed E-state index contributed by atoms with van der Waals surface area (Å²) in [5.41, 5.74) is 1.43. The molecular formula is C13H17ClO3. The third kappa shape index (κ3) is 3.72. The number of benzene rings is 1. The maximum absolute atomic E-state index is 11.9. The molecule has 17 heavy (non-hydrogen) atoms. The second-order valence-electron chi connectivity index (χ2n) is 3.70. The van der Waals surface area contributed by atoms with E-state index in [1.54, 1.807) is 19.2 Å². The molecular weight excluding hydrogens is 240 g/mol. The summed E-state index contributed by atoms with van der Waals surface area (Å²) in [6, 6.07) is 3.46. The van der Waals surface area contributed by atoms with E-state index in [9.17, 15) is 4.79 Å². The zero-order valence-corrected chi connectivity index (χ0v) is 11.1. The molecule has 94 valence electrons. The fourth-order valence-electron chi connectivity index (χ4n) is 1.48. The van der Waals surface area contributed by atoms with Crippen molar-refractivity contribution in [2.75, 3.05) is 20.3 Å². The molecule has 0 N–H and O–H groups in total. The van der Waals surface area contributed by atoms with Crippen LogP contribution in [-0.4, -0.2) is 26.1 Å². The van der Waals surface area contributed by atoms with Crippen LogP contribution >= 0.6 is 11.6 Å². The molecule has 0 aliphatic carbocycles. The van der Waals surface area contributed by atoms with E-state index in [-0.39, 0.29) is 5.78 Å². The number of ether oxygens (including phenoxy) is 2. The molecule has 0 aliphatic heterocycles. The van der Waals surface area contributed by atoms with Crippen LogP contribution in [0.2, 0.25) is 5.02 Å². The first kappa shape index (κ1) is 14.0. The minimum atomic E-state index is -0.0165. The number of methoxy groups -OCH3 is 1. The Morgan fingerprint density at radius 3 is 2.71 bits per heavy atom. The first-order valence-corrected chi connectivity index (χ1v) is 5.93. The average Bonchev–Trinajstić information content (AvgIpc) is 2.30. The summed E-state index contributed by atoms with van der Waals surface area (Å²) in [5, 5.41) is 0.578. The zero-order chi connectivity index (χ0) is 12.8. The van der Waals surface area contributed by atoms with Crippen molar-refractivity contribution in [3.63, 3.8) is 0 Å². The van der Waals surface area contributed by atoms with Crippen LogP contribution < -0.4 is 4.74 Å². The van der Waals surface area contributed by atoms with Gasteiger partial charge in [-0.1, -0.05) is 11.6 Å². The lowest BCUT2D eigenvalue weighted by atomic mass is 10.1. The molecule has 0 aliphatic rings. The van der Waals surface area contributed by atoms with Gasteiger partial charge in [0.15, 0.2) is 5.78 Å². The van der Waals surface area contributed by atoms with Crippen LogP contribution in [-0.2, 0) is 4.74 Å². The maximum atomic E-state index is 11.9. The highest BCUT2D eigenvalue weighted by molar-refractivity contribution is 6.31.